The maximum Gasteiger partial charge on any atom is 0.409 e. The first-order valence-electron chi connectivity index (χ1n) is 13.7. The van der Waals surface area contributed by atoms with E-state index in [9.17, 15) is 14.7 Å². The molecule has 1 spiro atoms. The van der Waals surface area contributed by atoms with Crippen molar-refractivity contribution in [1.82, 2.24) is 4.90 Å². The molecule has 3 aromatic carbocycles. The van der Waals surface area contributed by atoms with E-state index in [1.165, 1.54) is 22.3 Å². The zero-order chi connectivity index (χ0) is 27.7. The van der Waals surface area contributed by atoms with Gasteiger partial charge in [0.05, 0.1) is 17.8 Å². The van der Waals surface area contributed by atoms with E-state index in [0.29, 0.717) is 52.0 Å². The zero-order valence-electron chi connectivity index (χ0n) is 22.2. The molecule has 3 aliphatic rings. The van der Waals surface area contributed by atoms with Gasteiger partial charge < -0.3 is 24.2 Å². The number of amides is 1. The van der Waals surface area contributed by atoms with Crippen LogP contribution in [0.4, 0.5) is 4.79 Å². The Hall–Kier alpha value is -3.20. The summed E-state index contributed by atoms with van der Waals surface area (Å²) in [5, 5.41) is 9.37. The first-order chi connectivity index (χ1) is 19.4. The van der Waals surface area contributed by atoms with Crippen LogP contribution in [0.5, 0.6) is 0 Å². The number of halogens is 1. The molecule has 208 valence electrons. The fourth-order valence-corrected chi connectivity index (χ4v) is 7.02. The minimum Gasteiger partial charge on any atom is -0.480 e. The number of fused-ring (bicyclic) bond motifs is 3. The van der Waals surface area contributed by atoms with Crippen molar-refractivity contribution in [3.63, 3.8) is 0 Å². The molecule has 7 nitrogen and oxygen atoms in total. The Labute approximate surface area is 242 Å². The van der Waals surface area contributed by atoms with Crippen LogP contribution in [-0.4, -0.2) is 60.6 Å². The second-order valence-electron chi connectivity index (χ2n) is 10.9. The normalized spacial score (nSPS) is 21.6. The number of ether oxygens (including phenoxy) is 3. The Morgan fingerprint density at radius 2 is 1.62 bits per heavy atom. The van der Waals surface area contributed by atoms with Gasteiger partial charge in [0, 0.05) is 36.3 Å². The van der Waals surface area contributed by atoms with E-state index >= 15 is 0 Å². The number of carboxylic acid groups (broad SMARTS) is 1. The summed E-state index contributed by atoms with van der Waals surface area (Å²) in [5.74, 6) is -0.980. The number of likely N-dealkylation sites (tertiary alicyclic amines) is 1. The SMILES string of the molecule is O=C(O)COC1(c2cccc(Br)c2)CCOC2(CCN(C(=O)OCC3c4ccccc4-c4ccccc43)CC2)C1. The molecule has 1 amide bonds. The van der Waals surface area contributed by atoms with E-state index < -0.39 is 17.2 Å². The highest BCUT2D eigenvalue weighted by Gasteiger charge is 2.50. The van der Waals surface area contributed by atoms with Gasteiger partial charge in [-0.15, -0.1) is 0 Å². The van der Waals surface area contributed by atoms with Gasteiger partial charge in [-0.1, -0.05) is 76.6 Å². The molecule has 2 fully saturated rings. The van der Waals surface area contributed by atoms with Crippen LogP contribution in [0.3, 0.4) is 0 Å². The Bertz CT molecular complexity index is 1370. The number of carbonyl (C=O) groups is 2. The van der Waals surface area contributed by atoms with Crippen molar-refractivity contribution in [1.29, 1.82) is 0 Å². The third-order valence-electron chi connectivity index (χ3n) is 8.61. The summed E-state index contributed by atoms with van der Waals surface area (Å²) in [5.41, 5.74) is 4.45. The van der Waals surface area contributed by atoms with Crippen LogP contribution in [0, 0.1) is 0 Å². The number of carbonyl (C=O) groups excluding carboxylic acids is 1. The lowest BCUT2D eigenvalue weighted by molar-refractivity contribution is -0.204. The molecule has 2 heterocycles. The molecule has 1 N–H and O–H groups in total. The number of benzene rings is 3. The monoisotopic (exact) mass is 605 g/mol. The van der Waals surface area contributed by atoms with E-state index in [0.717, 1.165) is 10.0 Å². The summed E-state index contributed by atoms with van der Waals surface area (Å²) in [6.07, 6.45) is 2.04. The van der Waals surface area contributed by atoms with E-state index in [1.807, 2.05) is 48.5 Å². The molecular weight excluding hydrogens is 574 g/mol. The lowest BCUT2D eigenvalue weighted by Gasteiger charge is -2.50. The Balaban J connectivity index is 1.12. The molecule has 0 radical (unpaired) electrons. The first-order valence-corrected chi connectivity index (χ1v) is 14.5. The number of piperidine rings is 1. The molecule has 0 bridgehead atoms. The third-order valence-corrected chi connectivity index (χ3v) is 9.11. The summed E-state index contributed by atoms with van der Waals surface area (Å²) in [6, 6.07) is 24.5. The minimum atomic E-state index is -1.00. The number of nitrogens with zero attached hydrogens (tertiary/aromatic N) is 1. The smallest absolute Gasteiger partial charge is 0.409 e. The van der Waals surface area contributed by atoms with Crippen LogP contribution < -0.4 is 0 Å². The topological polar surface area (TPSA) is 85.3 Å². The number of carboxylic acids is 1. The highest BCUT2D eigenvalue weighted by atomic mass is 79.9. The molecule has 3 aromatic rings. The maximum atomic E-state index is 13.2. The van der Waals surface area contributed by atoms with Gasteiger partial charge in [0.1, 0.15) is 13.2 Å². The molecular formula is C32H32BrNO6. The van der Waals surface area contributed by atoms with Gasteiger partial charge in [0.2, 0.25) is 0 Å². The maximum absolute atomic E-state index is 13.2. The van der Waals surface area contributed by atoms with Crippen LogP contribution in [-0.2, 0) is 24.6 Å². The van der Waals surface area contributed by atoms with Crippen LogP contribution in [0.25, 0.3) is 11.1 Å². The quantitative estimate of drug-likeness (QED) is 0.353. The Morgan fingerprint density at radius 3 is 2.27 bits per heavy atom. The highest BCUT2D eigenvalue weighted by Crippen LogP contribution is 2.48. The fraction of sp³-hybridized carbons (Fsp3) is 0.375. The van der Waals surface area contributed by atoms with E-state index in [-0.39, 0.29) is 18.6 Å². The number of aliphatic carboxylic acids is 1. The average Bonchev–Trinajstić information content (AvgIpc) is 3.29. The molecule has 1 atom stereocenters. The predicted molar refractivity (Wildman–Crippen MR) is 153 cm³/mol. The van der Waals surface area contributed by atoms with Crippen LogP contribution in [0.2, 0.25) is 0 Å². The van der Waals surface area contributed by atoms with Gasteiger partial charge in [-0.2, -0.15) is 0 Å². The molecule has 2 saturated heterocycles. The van der Waals surface area contributed by atoms with E-state index in [2.05, 4.69) is 40.2 Å². The molecule has 1 unspecified atom stereocenters. The largest absolute Gasteiger partial charge is 0.480 e. The molecule has 2 aliphatic heterocycles. The predicted octanol–water partition coefficient (Wildman–Crippen LogP) is 6.34. The van der Waals surface area contributed by atoms with Crippen LogP contribution in [0.15, 0.2) is 77.3 Å². The van der Waals surface area contributed by atoms with Crippen molar-refractivity contribution in [3.8, 4) is 11.1 Å². The van der Waals surface area contributed by atoms with Crippen molar-refractivity contribution in [3.05, 3.63) is 94.0 Å². The summed E-state index contributed by atoms with van der Waals surface area (Å²) in [4.78, 5) is 26.4. The molecule has 8 heteroatoms. The summed E-state index contributed by atoms with van der Waals surface area (Å²) >= 11 is 3.54. The molecule has 0 aromatic heterocycles. The first kappa shape index (κ1) is 27.0. The molecule has 0 saturated carbocycles. The van der Waals surface area contributed by atoms with Gasteiger partial charge >= 0.3 is 12.1 Å². The van der Waals surface area contributed by atoms with Crippen molar-refractivity contribution in [2.24, 2.45) is 0 Å². The summed E-state index contributed by atoms with van der Waals surface area (Å²) in [6.45, 7) is 1.37. The fourth-order valence-electron chi connectivity index (χ4n) is 6.62. The van der Waals surface area contributed by atoms with Crippen molar-refractivity contribution in [2.45, 2.75) is 42.8 Å². The lowest BCUT2D eigenvalue weighted by Crippen LogP contribution is -2.55. The standard InChI is InChI=1S/C32H32BrNO6/c33-23-7-5-6-22(18-23)32(40-20-29(35)36)14-17-39-31(21-32)12-15-34(16-13-31)30(37)38-19-28-26-10-3-1-8-24(26)25-9-2-4-11-27(25)28/h1-11,18,28H,12-17,19-21H2,(H,35,36). The second kappa shape index (κ2) is 11.0. The minimum absolute atomic E-state index is 0.0198. The number of hydrogen-bond donors (Lipinski definition) is 1. The van der Waals surface area contributed by atoms with Gasteiger partial charge in [-0.25, -0.2) is 9.59 Å². The summed E-state index contributed by atoms with van der Waals surface area (Å²) in [7, 11) is 0. The molecule has 6 rings (SSSR count). The highest BCUT2D eigenvalue weighted by molar-refractivity contribution is 9.10. The van der Waals surface area contributed by atoms with Crippen molar-refractivity contribution >= 4 is 28.0 Å². The van der Waals surface area contributed by atoms with Gasteiger partial charge in [-0.05, 0) is 52.8 Å². The third kappa shape index (κ3) is 5.16. The average molecular weight is 607 g/mol. The van der Waals surface area contributed by atoms with Gasteiger partial charge in [0.15, 0.2) is 0 Å². The van der Waals surface area contributed by atoms with Crippen molar-refractivity contribution in [2.75, 3.05) is 32.9 Å². The van der Waals surface area contributed by atoms with E-state index in [1.54, 1.807) is 4.90 Å². The van der Waals surface area contributed by atoms with E-state index in [4.69, 9.17) is 14.2 Å². The second-order valence-corrected chi connectivity index (χ2v) is 11.9. The molecule has 40 heavy (non-hydrogen) atoms. The van der Waals surface area contributed by atoms with Crippen molar-refractivity contribution < 1.29 is 28.9 Å². The summed E-state index contributed by atoms with van der Waals surface area (Å²) < 4.78 is 19.3. The van der Waals surface area contributed by atoms with Crippen LogP contribution in [0.1, 0.15) is 48.3 Å². The lowest BCUT2D eigenvalue weighted by atomic mass is 9.74. The number of rotatable bonds is 6. The zero-order valence-corrected chi connectivity index (χ0v) is 23.8. The van der Waals surface area contributed by atoms with Gasteiger partial charge in [-0.3, -0.25) is 0 Å². The van der Waals surface area contributed by atoms with Crippen LogP contribution >= 0.6 is 15.9 Å². The van der Waals surface area contributed by atoms with Gasteiger partial charge in [0.25, 0.3) is 0 Å². The number of hydrogen-bond acceptors (Lipinski definition) is 5. The Kier molecular flexibility index (Phi) is 7.42. The Morgan fingerprint density at radius 1 is 0.950 bits per heavy atom. The molecule has 1 aliphatic carbocycles.